The summed E-state index contributed by atoms with van der Waals surface area (Å²) < 4.78 is 0. The third-order valence-corrected chi connectivity index (χ3v) is 4.92. The van der Waals surface area contributed by atoms with Gasteiger partial charge in [0.25, 0.3) is 0 Å². The Labute approximate surface area is 143 Å². The van der Waals surface area contributed by atoms with Crippen molar-refractivity contribution in [3.05, 3.63) is 102 Å². The summed E-state index contributed by atoms with van der Waals surface area (Å²) in [6, 6.07) is 30.1. The lowest BCUT2D eigenvalue weighted by molar-refractivity contribution is 0.413. The second-order valence-electron chi connectivity index (χ2n) is 6.45. The monoisotopic (exact) mass is 315 g/mol. The van der Waals surface area contributed by atoms with E-state index in [9.17, 15) is 5.11 Å². The van der Waals surface area contributed by atoms with Crippen molar-refractivity contribution in [2.24, 2.45) is 0 Å². The van der Waals surface area contributed by atoms with Gasteiger partial charge >= 0.3 is 0 Å². The highest BCUT2D eigenvalue weighted by molar-refractivity contribution is 5.38. The molecule has 3 atom stereocenters. The predicted molar refractivity (Wildman–Crippen MR) is 96.9 cm³/mol. The van der Waals surface area contributed by atoms with E-state index in [2.05, 4.69) is 72.5 Å². The molecule has 1 aliphatic rings. The van der Waals surface area contributed by atoms with E-state index in [-0.39, 0.29) is 6.04 Å². The van der Waals surface area contributed by atoms with Crippen molar-refractivity contribution < 1.29 is 5.11 Å². The van der Waals surface area contributed by atoms with Crippen LogP contribution in [0.3, 0.4) is 0 Å². The summed E-state index contributed by atoms with van der Waals surface area (Å²) in [7, 11) is 0. The molecule has 1 unspecified atom stereocenters. The third-order valence-electron chi connectivity index (χ3n) is 4.92. The normalized spacial score (nSPS) is 22.5. The van der Waals surface area contributed by atoms with Gasteiger partial charge in [0.2, 0.25) is 0 Å². The summed E-state index contributed by atoms with van der Waals surface area (Å²) in [5.74, 6) is 0.321. The van der Waals surface area contributed by atoms with Crippen molar-refractivity contribution in [3.8, 4) is 5.75 Å². The van der Waals surface area contributed by atoms with E-state index in [1.165, 1.54) is 16.7 Å². The first-order valence-electron chi connectivity index (χ1n) is 8.42. The maximum absolute atomic E-state index is 9.54. The molecular formula is C22H21NO. The zero-order valence-corrected chi connectivity index (χ0v) is 13.7. The second-order valence-corrected chi connectivity index (χ2v) is 6.45. The molecule has 1 heterocycles. The summed E-state index contributed by atoms with van der Waals surface area (Å²) in [5.41, 5.74) is 3.89. The second kappa shape index (κ2) is 6.14. The average Bonchev–Trinajstić information content (AvgIpc) is 3.28. The van der Waals surface area contributed by atoms with Gasteiger partial charge in [-0.25, -0.2) is 0 Å². The number of hydrogen-bond acceptors (Lipinski definition) is 2. The van der Waals surface area contributed by atoms with Crippen LogP contribution < -0.4 is 0 Å². The number of nitrogens with zero attached hydrogens (tertiary/aromatic N) is 1. The van der Waals surface area contributed by atoms with Gasteiger partial charge < -0.3 is 5.11 Å². The maximum Gasteiger partial charge on any atom is 0.115 e. The van der Waals surface area contributed by atoms with E-state index < -0.39 is 0 Å². The molecule has 0 amide bonds. The van der Waals surface area contributed by atoms with Crippen molar-refractivity contribution in [1.82, 2.24) is 4.90 Å². The van der Waals surface area contributed by atoms with E-state index in [4.69, 9.17) is 0 Å². The molecule has 2 nitrogen and oxygen atoms in total. The summed E-state index contributed by atoms with van der Waals surface area (Å²) in [4.78, 5) is 2.54. The lowest BCUT2D eigenvalue weighted by Crippen LogP contribution is -2.13. The molecule has 3 aromatic carbocycles. The minimum Gasteiger partial charge on any atom is -0.508 e. The van der Waals surface area contributed by atoms with Crippen LogP contribution in [0.25, 0.3) is 0 Å². The molecule has 0 saturated carbocycles. The molecule has 0 radical (unpaired) electrons. The minimum atomic E-state index is 0.251. The largest absolute Gasteiger partial charge is 0.508 e. The molecule has 1 saturated heterocycles. The smallest absolute Gasteiger partial charge is 0.115 e. The van der Waals surface area contributed by atoms with Crippen LogP contribution in [0.15, 0.2) is 84.9 Å². The van der Waals surface area contributed by atoms with Crippen molar-refractivity contribution in [1.29, 1.82) is 0 Å². The minimum absolute atomic E-state index is 0.251. The lowest BCUT2D eigenvalue weighted by Gasteiger charge is -2.21. The fourth-order valence-electron chi connectivity index (χ4n) is 3.70. The van der Waals surface area contributed by atoms with Crippen LogP contribution in [-0.2, 0) is 0 Å². The summed E-state index contributed by atoms with van der Waals surface area (Å²) in [5, 5.41) is 9.54. The molecule has 0 aliphatic carbocycles. The third kappa shape index (κ3) is 2.70. The van der Waals surface area contributed by atoms with E-state index in [1.807, 2.05) is 12.1 Å². The van der Waals surface area contributed by atoms with E-state index in [0.29, 0.717) is 17.8 Å². The molecule has 1 N–H and O–H groups in total. The number of phenolic OH excluding ortho intramolecular Hbond substituents is 1. The van der Waals surface area contributed by atoms with E-state index >= 15 is 0 Å². The molecule has 1 aliphatic heterocycles. The number of benzene rings is 3. The Hall–Kier alpha value is -2.58. The Kier molecular flexibility index (Phi) is 3.83. The zero-order valence-electron chi connectivity index (χ0n) is 13.7. The van der Waals surface area contributed by atoms with Gasteiger partial charge in [-0.15, -0.1) is 0 Å². The summed E-state index contributed by atoms with van der Waals surface area (Å²) >= 11 is 0. The Balaban J connectivity index is 1.71. The van der Waals surface area contributed by atoms with Gasteiger partial charge in [0.1, 0.15) is 5.75 Å². The average molecular weight is 315 g/mol. The molecule has 4 rings (SSSR count). The fourth-order valence-corrected chi connectivity index (χ4v) is 3.70. The number of rotatable bonds is 4. The Bertz CT molecular complexity index is 759. The van der Waals surface area contributed by atoms with Crippen LogP contribution in [0.4, 0.5) is 0 Å². The van der Waals surface area contributed by atoms with Crippen molar-refractivity contribution in [2.75, 3.05) is 0 Å². The van der Waals surface area contributed by atoms with Gasteiger partial charge in [-0.05, 0) is 35.7 Å². The standard InChI is InChI=1S/C22H21NO/c1-16-21(19-12-14-20(24)15-13-19)23(16)22(17-8-4-2-5-9-17)18-10-6-3-7-11-18/h2-16,21-22,24H,1H3/t16-,21-,23?/m0/s1. The first-order valence-corrected chi connectivity index (χ1v) is 8.42. The molecule has 1 fully saturated rings. The van der Waals surface area contributed by atoms with Crippen molar-refractivity contribution in [2.45, 2.75) is 25.0 Å². The lowest BCUT2D eigenvalue weighted by atomic mass is 9.98. The first kappa shape index (κ1) is 15.0. The molecule has 0 aromatic heterocycles. The molecule has 0 bridgehead atoms. The van der Waals surface area contributed by atoms with Crippen LogP contribution in [0.1, 0.15) is 35.7 Å². The number of aromatic hydroxyl groups is 1. The topological polar surface area (TPSA) is 23.2 Å². The maximum atomic E-state index is 9.54. The van der Waals surface area contributed by atoms with Crippen LogP contribution in [-0.4, -0.2) is 16.0 Å². The molecule has 0 spiro atoms. The van der Waals surface area contributed by atoms with Crippen LogP contribution >= 0.6 is 0 Å². The van der Waals surface area contributed by atoms with Gasteiger partial charge in [0.15, 0.2) is 0 Å². The zero-order chi connectivity index (χ0) is 16.5. The number of hydrogen-bond donors (Lipinski definition) is 1. The first-order chi connectivity index (χ1) is 11.8. The van der Waals surface area contributed by atoms with Gasteiger partial charge in [0, 0.05) is 6.04 Å². The van der Waals surface area contributed by atoms with Gasteiger partial charge in [0.05, 0.1) is 12.1 Å². The molecule has 120 valence electrons. The molecule has 2 heteroatoms. The SMILES string of the molecule is C[C@H]1[C@@H](c2ccc(O)cc2)N1C(c1ccccc1)c1ccccc1. The van der Waals surface area contributed by atoms with E-state index in [1.54, 1.807) is 12.1 Å². The molecule has 24 heavy (non-hydrogen) atoms. The van der Waals surface area contributed by atoms with E-state index in [0.717, 1.165) is 0 Å². The van der Waals surface area contributed by atoms with Gasteiger partial charge in [-0.2, -0.15) is 0 Å². The Morgan fingerprint density at radius 1 is 0.750 bits per heavy atom. The quantitative estimate of drug-likeness (QED) is 0.690. The highest BCUT2D eigenvalue weighted by atomic mass is 16.3. The fraction of sp³-hybridized carbons (Fsp3) is 0.182. The summed E-state index contributed by atoms with van der Waals surface area (Å²) in [6.07, 6.45) is 0. The highest BCUT2D eigenvalue weighted by Gasteiger charge is 2.49. The van der Waals surface area contributed by atoms with Crippen molar-refractivity contribution in [3.63, 3.8) is 0 Å². The highest BCUT2D eigenvalue weighted by Crippen LogP contribution is 2.51. The van der Waals surface area contributed by atoms with Crippen molar-refractivity contribution >= 4 is 0 Å². The van der Waals surface area contributed by atoms with Crippen LogP contribution in [0, 0.1) is 0 Å². The number of phenols is 1. The van der Waals surface area contributed by atoms with Crippen LogP contribution in [0.2, 0.25) is 0 Å². The van der Waals surface area contributed by atoms with Gasteiger partial charge in [-0.3, -0.25) is 4.90 Å². The summed E-state index contributed by atoms with van der Waals surface area (Å²) in [6.45, 7) is 2.27. The molecular weight excluding hydrogens is 294 g/mol. The predicted octanol–water partition coefficient (Wildman–Crippen LogP) is 4.93. The Morgan fingerprint density at radius 3 is 1.75 bits per heavy atom. The molecule has 3 aromatic rings. The van der Waals surface area contributed by atoms with Gasteiger partial charge in [-0.1, -0.05) is 72.8 Å². The Morgan fingerprint density at radius 2 is 1.25 bits per heavy atom. The van der Waals surface area contributed by atoms with Crippen LogP contribution in [0.5, 0.6) is 5.75 Å².